The highest BCUT2D eigenvalue weighted by Crippen LogP contribution is 2.26. The van der Waals surface area contributed by atoms with E-state index in [-0.39, 0.29) is 0 Å². The third-order valence-corrected chi connectivity index (χ3v) is 3.37. The molecule has 4 heteroatoms. The standard InChI is InChI=1S/C17H20N2O2/c1-4-19(12(2)3)17-14(9-10-16(20)21)11-13-7-5-6-8-15(13)18-17/h5-12H,4H2,1-3H3,(H,20,21)/b10-9+. The van der Waals surface area contributed by atoms with Crippen molar-refractivity contribution < 1.29 is 9.90 Å². The number of carboxylic acids is 1. The maximum atomic E-state index is 10.8. The number of para-hydroxylation sites is 1. The van der Waals surface area contributed by atoms with Crippen molar-refractivity contribution in [1.29, 1.82) is 0 Å². The maximum absolute atomic E-state index is 10.8. The van der Waals surface area contributed by atoms with Gasteiger partial charge in [0.2, 0.25) is 0 Å². The number of rotatable bonds is 5. The molecule has 1 heterocycles. The summed E-state index contributed by atoms with van der Waals surface area (Å²) in [5.41, 5.74) is 1.74. The van der Waals surface area contributed by atoms with Crippen molar-refractivity contribution in [1.82, 2.24) is 4.98 Å². The van der Waals surface area contributed by atoms with Crippen LogP contribution in [0.25, 0.3) is 17.0 Å². The average molecular weight is 284 g/mol. The van der Waals surface area contributed by atoms with Gasteiger partial charge in [0, 0.05) is 29.6 Å². The van der Waals surface area contributed by atoms with E-state index in [9.17, 15) is 4.79 Å². The molecule has 0 saturated carbocycles. The van der Waals surface area contributed by atoms with Crippen LogP contribution in [0.15, 0.2) is 36.4 Å². The molecule has 0 radical (unpaired) electrons. The highest BCUT2D eigenvalue weighted by atomic mass is 16.4. The normalized spacial score (nSPS) is 11.4. The van der Waals surface area contributed by atoms with Crippen molar-refractivity contribution >= 4 is 28.8 Å². The Kier molecular flexibility index (Phi) is 4.58. The number of benzene rings is 1. The molecule has 0 fully saturated rings. The molecule has 0 aliphatic rings. The molecule has 1 aromatic carbocycles. The van der Waals surface area contributed by atoms with E-state index < -0.39 is 5.97 Å². The van der Waals surface area contributed by atoms with E-state index in [0.717, 1.165) is 34.9 Å². The zero-order valence-electron chi connectivity index (χ0n) is 12.6. The van der Waals surface area contributed by atoms with Gasteiger partial charge in [-0.15, -0.1) is 0 Å². The molecule has 2 aromatic rings. The second-order valence-electron chi connectivity index (χ2n) is 5.15. The second-order valence-corrected chi connectivity index (χ2v) is 5.15. The van der Waals surface area contributed by atoms with E-state index in [1.165, 1.54) is 0 Å². The van der Waals surface area contributed by atoms with Crippen molar-refractivity contribution in [2.45, 2.75) is 26.8 Å². The Labute approximate surface area is 124 Å². The van der Waals surface area contributed by atoms with Crippen LogP contribution in [0.2, 0.25) is 0 Å². The van der Waals surface area contributed by atoms with Crippen LogP contribution in [0.3, 0.4) is 0 Å². The second kappa shape index (κ2) is 6.39. The lowest BCUT2D eigenvalue weighted by atomic mass is 10.1. The minimum Gasteiger partial charge on any atom is -0.478 e. The molecule has 1 aromatic heterocycles. The minimum absolute atomic E-state index is 0.292. The largest absolute Gasteiger partial charge is 0.478 e. The number of hydrogen-bond donors (Lipinski definition) is 1. The number of aliphatic carboxylic acids is 1. The van der Waals surface area contributed by atoms with Crippen LogP contribution in [0, 0.1) is 0 Å². The van der Waals surface area contributed by atoms with E-state index in [2.05, 4.69) is 25.7 Å². The molecule has 1 N–H and O–H groups in total. The van der Waals surface area contributed by atoms with Crippen molar-refractivity contribution in [3.63, 3.8) is 0 Å². The summed E-state index contributed by atoms with van der Waals surface area (Å²) in [6, 6.07) is 10.1. The third kappa shape index (κ3) is 3.40. The smallest absolute Gasteiger partial charge is 0.328 e. The van der Waals surface area contributed by atoms with Crippen LogP contribution < -0.4 is 4.90 Å². The highest BCUT2D eigenvalue weighted by Gasteiger charge is 2.14. The molecule has 0 atom stereocenters. The van der Waals surface area contributed by atoms with E-state index in [1.807, 2.05) is 30.3 Å². The van der Waals surface area contributed by atoms with Crippen molar-refractivity contribution in [3.05, 3.63) is 42.0 Å². The number of fused-ring (bicyclic) bond motifs is 1. The molecule has 0 bridgehead atoms. The zero-order valence-corrected chi connectivity index (χ0v) is 12.6. The number of pyridine rings is 1. The number of aromatic nitrogens is 1. The summed E-state index contributed by atoms with van der Waals surface area (Å²) in [5.74, 6) is -0.134. The van der Waals surface area contributed by atoms with Crippen LogP contribution in [0.5, 0.6) is 0 Å². The van der Waals surface area contributed by atoms with Gasteiger partial charge in [-0.05, 0) is 39.0 Å². The average Bonchev–Trinajstić information content (AvgIpc) is 2.45. The van der Waals surface area contributed by atoms with Gasteiger partial charge in [-0.3, -0.25) is 0 Å². The predicted octanol–water partition coefficient (Wildman–Crippen LogP) is 3.57. The van der Waals surface area contributed by atoms with Crippen LogP contribution in [0.1, 0.15) is 26.3 Å². The fraction of sp³-hybridized carbons (Fsp3) is 0.294. The molecule has 0 aliphatic heterocycles. The zero-order chi connectivity index (χ0) is 15.4. The fourth-order valence-corrected chi connectivity index (χ4v) is 2.40. The highest BCUT2D eigenvalue weighted by molar-refractivity contribution is 5.90. The first kappa shape index (κ1) is 15.0. The molecule has 110 valence electrons. The molecular formula is C17H20N2O2. The van der Waals surface area contributed by atoms with Gasteiger partial charge in [-0.25, -0.2) is 9.78 Å². The molecule has 4 nitrogen and oxygen atoms in total. The summed E-state index contributed by atoms with van der Waals surface area (Å²) in [6.07, 6.45) is 2.77. The summed E-state index contributed by atoms with van der Waals surface area (Å²) in [4.78, 5) is 17.7. The number of carboxylic acid groups (broad SMARTS) is 1. The lowest BCUT2D eigenvalue weighted by Crippen LogP contribution is -2.31. The number of anilines is 1. The topological polar surface area (TPSA) is 53.4 Å². The van der Waals surface area contributed by atoms with Gasteiger partial charge >= 0.3 is 5.97 Å². The van der Waals surface area contributed by atoms with E-state index >= 15 is 0 Å². The third-order valence-electron chi connectivity index (χ3n) is 3.37. The monoisotopic (exact) mass is 284 g/mol. The van der Waals surface area contributed by atoms with Gasteiger partial charge in [-0.1, -0.05) is 18.2 Å². The Hall–Kier alpha value is -2.36. The SMILES string of the molecule is CCN(c1nc2ccccc2cc1/C=C/C(=O)O)C(C)C. The fourth-order valence-electron chi connectivity index (χ4n) is 2.40. The maximum Gasteiger partial charge on any atom is 0.328 e. The van der Waals surface area contributed by atoms with Crippen molar-refractivity contribution in [3.8, 4) is 0 Å². The Balaban J connectivity index is 2.63. The van der Waals surface area contributed by atoms with Crippen LogP contribution in [-0.4, -0.2) is 28.6 Å². The molecule has 21 heavy (non-hydrogen) atoms. The van der Waals surface area contributed by atoms with Gasteiger partial charge in [0.25, 0.3) is 0 Å². The van der Waals surface area contributed by atoms with Gasteiger partial charge in [0.1, 0.15) is 5.82 Å². The molecular weight excluding hydrogens is 264 g/mol. The lowest BCUT2D eigenvalue weighted by molar-refractivity contribution is -0.131. The van der Waals surface area contributed by atoms with Crippen molar-refractivity contribution in [2.24, 2.45) is 0 Å². The van der Waals surface area contributed by atoms with Crippen LogP contribution in [-0.2, 0) is 4.79 Å². The Morgan fingerprint density at radius 2 is 2.10 bits per heavy atom. The van der Waals surface area contributed by atoms with Crippen LogP contribution >= 0.6 is 0 Å². The first-order valence-electron chi connectivity index (χ1n) is 7.10. The van der Waals surface area contributed by atoms with Crippen LogP contribution in [0.4, 0.5) is 5.82 Å². The summed E-state index contributed by atoms with van der Waals surface area (Å²) in [7, 11) is 0. The van der Waals surface area contributed by atoms with Gasteiger partial charge in [0.15, 0.2) is 0 Å². The van der Waals surface area contributed by atoms with E-state index in [0.29, 0.717) is 6.04 Å². The Morgan fingerprint density at radius 3 is 2.71 bits per heavy atom. The molecule has 0 aliphatic carbocycles. The van der Waals surface area contributed by atoms with E-state index in [1.54, 1.807) is 6.08 Å². The molecule has 0 unspecified atom stereocenters. The Morgan fingerprint density at radius 1 is 1.38 bits per heavy atom. The quantitative estimate of drug-likeness (QED) is 0.853. The Bertz CT molecular complexity index is 678. The van der Waals surface area contributed by atoms with Gasteiger partial charge in [0.05, 0.1) is 5.52 Å². The molecule has 2 rings (SSSR count). The first-order valence-corrected chi connectivity index (χ1v) is 7.10. The van der Waals surface area contributed by atoms with Crippen molar-refractivity contribution in [2.75, 3.05) is 11.4 Å². The summed E-state index contributed by atoms with van der Waals surface area (Å²) in [6.45, 7) is 7.09. The minimum atomic E-state index is -0.957. The summed E-state index contributed by atoms with van der Waals surface area (Å²) < 4.78 is 0. The number of hydrogen-bond acceptors (Lipinski definition) is 3. The summed E-state index contributed by atoms with van der Waals surface area (Å²) in [5, 5.41) is 9.87. The number of nitrogens with zero attached hydrogens (tertiary/aromatic N) is 2. The van der Waals surface area contributed by atoms with Gasteiger partial charge in [-0.2, -0.15) is 0 Å². The molecule has 0 amide bonds. The predicted molar refractivity (Wildman–Crippen MR) is 86.6 cm³/mol. The van der Waals surface area contributed by atoms with Gasteiger partial charge < -0.3 is 10.0 Å². The first-order chi connectivity index (χ1) is 10.0. The molecule has 0 saturated heterocycles. The number of carbonyl (C=O) groups is 1. The van der Waals surface area contributed by atoms with E-state index in [4.69, 9.17) is 10.1 Å². The summed E-state index contributed by atoms with van der Waals surface area (Å²) >= 11 is 0. The molecule has 0 spiro atoms. The lowest BCUT2D eigenvalue weighted by Gasteiger charge is -2.28.